The summed E-state index contributed by atoms with van der Waals surface area (Å²) in [4.78, 5) is 10.4. The van der Waals surface area contributed by atoms with Crippen LogP contribution in [0.15, 0.2) is 0 Å². The average molecular weight is 193 g/mol. The van der Waals surface area contributed by atoms with Gasteiger partial charge in [-0.2, -0.15) is 0 Å². The highest BCUT2D eigenvalue weighted by Crippen LogP contribution is 2.23. The molecule has 0 atom stereocenters. The van der Waals surface area contributed by atoms with Crippen molar-refractivity contribution in [2.75, 3.05) is 5.88 Å². The summed E-state index contributed by atoms with van der Waals surface area (Å²) >= 11 is 5.00. The molecule has 1 rings (SSSR count). The summed E-state index contributed by atoms with van der Waals surface area (Å²) in [5.41, 5.74) is 0. The Bertz CT molecular complexity index is 120. The third-order valence-corrected chi connectivity index (χ3v) is 1.95. The van der Waals surface area contributed by atoms with Crippen LogP contribution in [0.25, 0.3) is 0 Å². The maximum Gasteiger partial charge on any atom is 0.306 e. The molecule has 1 saturated carbocycles. The zero-order valence-electron chi connectivity index (χ0n) is 7.55. The van der Waals surface area contributed by atoms with Crippen LogP contribution in [0.4, 0.5) is 0 Å². The third-order valence-electron chi connectivity index (χ3n) is 1.95. The van der Waals surface area contributed by atoms with Crippen LogP contribution in [0.2, 0.25) is 0 Å². The molecule has 0 aromatic carbocycles. The van der Waals surface area contributed by atoms with Crippen molar-refractivity contribution in [2.45, 2.75) is 39.0 Å². The van der Waals surface area contributed by atoms with Crippen molar-refractivity contribution in [1.29, 1.82) is 0 Å². The van der Waals surface area contributed by atoms with Gasteiger partial charge in [0.05, 0.1) is 5.92 Å². The van der Waals surface area contributed by atoms with E-state index in [4.69, 9.17) is 16.7 Å². The van der Waals surface area contributed by atoms with Gasteiger partial charge in [-0.15, -0.1) is 11.6 Å². The summed E-state index contributed by atoms with van der Waals surface area (Å²) in [5, 5.41) is 8.54. The van der Waals surface area contributed by atoms with Crippen molar-refractivity contribution in [3.8, 4) is 0 Å². The molecule has 1 aliphatic carbocycles. The van der Waals surface area contributed by atoms with E-state index in [1.807, 2.05) is 6.92 Å². The zero-order valence-corrected chi connectivity index (χ0v) is 8.31. The Labute approximate surface area is 78.9 Å². The number of alkyl halides is 1. The lowest BCUT2D eigenvalue weighted by molar-refractivity contribution is -0.142. The van der Waals surface area contributed by atoms with Crippen LogP contribution in [-0.4, -0.2) is 17.0 Å². The molecule has 12 heavy (non-hydrogen) atoms. The fourth-order valence-electron chi connectivity index (χ4n) is 1.35. The number of hydrogen-bond acceptors (Lipinski definition) is 1. The van der Waals surface area contributed by atoms with Gasteiger partial charge in [0.15, 0.2) is 0 Å². The Kier molecular flexibility index (Phi) is 7.26. The SMILES string of the molecule is CCCl.O=C(O)C1CCCCC1. The minimum Gasteiger partial charge on any atom is -0.481 e. The van der Waals surface area contributed by atoms with E-state index in [-0.39, 0.29) is 5.92 Å². The van der Waals surface area contributed by atoms with Gasteiger partial charge in [0, 0.05) is 5.88 Å². The summed E-state index contributed by atoms with van der Waals surface area (Å²) in [7, 11) is 0. The largest absolute Gasteiger partial charge is 0.481 e. The van der Waals surface area contributed by atoms with Gasteiger partial charge in [-0.3, -0.25) is 4.79 Å². The van der Waals surface area contributed by atoms with Gasteiger partial charge in [-0.1, -0.05) is 26.2 Å². The zero-order chi connectivity index (χ0) is 9.40. The lowest BCUT2D eigenvalue weighted by atomic mass is 9.90. The molecule has 0 amide bonds. The maximum absolute atomic E-state index is 10.4. The predicted octanol–water partition coefficient (Wildman–Crippen LogP) is 2.90. The molecule has 3 heteroatoms. The van der Waals surface area contributed by atoms with E-state index in [1.54, 1.807) is 0 Å². The molecule has 72 valence electrons. The monoisotopic (exact) mass is 192 g/mol. The topological polar surface area (TPSA) is 37.3 Å². The van der Waals surface area contributed by atoms with Crippen molar-refractivity contribution >= 4 is 17.6 Å². The molecule has 1 fully saturated rings. The smallest absolute Gasteiger partial charge is 0.306 e. The van der Waals surface area contributed by atoms with E-state index in [2.05, 4.69) is 0 Å². The molecule has 0 radical (unpaired) electrons. The Morgan fingerprint density at radius 3 is 2.08 bits per heavy atom. The number of aliphatic carboxylic acids is 1. The molecule has 1 aliphatic rings. The van der Waals surface area contributed by atoms with Crippen molar-refractivity contribution in [3.63, 3.8) is 0 Å². The van der Waals surface area contributed by atoms with Crippen LogP contribution < -0.4 is 0 Å². The second-order valence-corrected chi connectivity index (χ2v) is 3.47. The van der Waals surface area contributed by atoms with Gasteiger partial charge in [0.1, 0.15) is 0 Å². The second-order valence-electron chi connectivity index (χ2n) is 2.94. The molecule has 0 bridgehead atoms. The Balaban J connectivity index is 0.000000354. The molecular weight excluding hydrogens is 176 g/mol. The Morgan fingerprint density at radius 2 is 1.83 bits per heavy atom. The van der Waals surface area contributed by atoms with Crippen LogP contribution in [0.5, 0.6) is 0 Å². The first-order valence-corrected chi connectivity index (χ1v) is 5.04. The number of hydrogen-bond donors (Lipinski definition) is 1. The molecule has 0 aromatic rings. The third kappa shape index (κ3) is 5.42. The molecular formula is C9H17ClO2. The summed E-state index contributed by atoms with van der Waals surface area (Å²) in [5.74, 6) is 0.0912. The van der Waals surface area contributed by atoms with Crippen molar-refractivity contribution < 1.29 is 9.90 Å². The lowest BCUT2D eigenvalue weighted by Crippen LogP contribution is -2.16. The molecule has 2 nitrogen and oxygen atoms in total. The molecule has 1 N–H and O–H groups in total. The van der Waals surface area contributed by atoms with Gasteiger partial charge in [-0.25, -0.2) is 0 Å². The van der Waals surface area contributed by atoms with E-state index in [0.717, 1.165) is 31.6 Å². The van der Waals surface area contributed by atoms with Gasteiger partial charge in [-0.05, 0) is 12.8 Å². The van der Waals surface area contributed by atoms with Crippen LogP contribution in [0.3, 0.4) is 0 Å². The first-order chi connectivity index (χ1) is 5.72. The van der Waals surface area contributed by atoms with Crippen LogP contribution in [-0.2, 0) is 4.79 Å². The van der Waals surface area contributed by atoms with Crippen molar-refractivity contribution in [1.82, 2.24) is 0 Å². The quantitative estimate of drug-likeness (QED) is 0.649. The molecule has 0 heterocycles. The van der Waals surface area contributed by atoms with Crippen LogP contribution in [0, 0.1) is 5.92 Å². The molecule has 0 aromatic heterocycles. The normalized spacial score (nSPS) is 17.8. The van der Waals surface area contributed by atoms with Gasteiger partial charge in [0.2, 0.25) is 0 Å². The van der Waals surface area contributed by atoms with Crippen LogP contribution in [0.1, 0.15) is 39.0 Å². The number of halogens is 1. The Hall–Kier alpha value is -0.240. The molecule has 0 saturated heterocycles. The minimum absolute atomic E-state index is 0.0289. The first kappa shape index (κ1) is 11.8. The number of carbonyl (C=O) groups is 1. The summed E-state index contributed by atoms with van der Waals surface area (Å²) in [6.07, 6.45) is 5.24. The molecule has 0 aliphatic heterocycles. The van der Waals surface area contributed by atoms with E-state index in [9.17, 15) is 4.79 Å². The predicted molar refractivity (Wildman–Crippen MR) is 50.6 cm³/mol. The van der Waals surface area contributed by atoms with E-state index in [0.29, 0.717) is 0 Å². The maximum atomic E-state index is 10.4. The highest BCUT2D eigenvalue weighted by molar-refractivity contribution is 6.17. The first-order valence-electron chi connectivity index (χ1n) is 4.51. The average Bonchev–Trinajstić information content (AvgIpc) is 2.07. The highest BCUT2D eigenvalue weighted by Gasteiger charge is 2.19. The van der Waals surface area contributed by atoms with Gasteiger partial charge >= 0.3 is 5.97 Å². The summed E-state index contributed by atoms with van der Waals surface area (Å²) in [6, 6.07) is 0. The van der Waals surface area contributed by atoms with Crippen molar-refractivity contribution in [2.24, 2.45) is 5.92 Å². The van der Waals surface area contributed by atoms with Gasteiger partial charge in [0.25, 0.3) is 0 Å². The van der Waals surface area contributed by atoms with Crippen LogP contribution >= 0.6 is 11.6 Å². The van der Waals surface area contributed by atoms with Gasteiger partial charge < -0.3 is 5.11 Å². The standard InChI is InChI=1S/C7H12O2.C2H5Cl/c8-7(9)6-4-2-1-3-5-6;1-2-3/h6H,1-5H2,(H,8,9);2H2,1H3. The van der Waals surface area contributed by atoms with Crippen molar-refractivity contribution in [3.05, 3.63) is 0 Å². The number of rotatable bonds is 1. The molecule has 0 unspecified atom stereocenters. The summed E-state index contributed by atoms with van der Waals surface area (Å²) < 4.78 is 0. The number of carboxylic acids is 1. The lowest BCUT2D eigenvalue weighted by Gasteiger charge is -2.16. The van der Waals surface area contributed by atoms with E-state index >= 15 is 0 Å². The highest BCUT2D eigenvalue weighted by atomic mass is 35.5. The van der Waals surface area contributed by atoms with E-state index in [1.165, 1.54) is 6.42 Å². The fourth-order valence-corrected chi connectivity index (χ4v) is 1.35. The Morgan fingerprint density at radius 1 is 1.42 bits per heavy atom. The van der Waals surface area contributed by atoms with E-state index < -0.39 is 5.97 Å². The number of carboxylic acid groups (broad SMARTS) is 1. The molecule has 0 spiro atoms. The summed E-state index contributed by atoms with van der Waals surface area (Å²) in [6.45, 7) is 1.89. The second kappa shape index (κ2) is 7.41. The fraction of sp³-hybridized carbons (Fsp3) is 0.889. The minimum atomic E-state index is -0.602.